The molecule has 2 heterocycles. The Kier molecular flexibility index (Phi) is 4.62. The van der Waals surface area contributed by atoms with Gasteiger partial charge in [0.1, 0.15) is 0 Å². The summed E-state index contributed by atoms with van der Waals surface area (Å²) in [5, 5.41) is 3.52. The third-order valence-corrected chi connectivity index (χ3v) is 4.10. The second-order valence-electron chi connectivity index (χ2n) is 6.43. The Hall–Kier alpha value is -1.48. The van der Waals surface area contributed by atoms with Crippen molar-refractivity contribution < 1.29 is 4.79 Å². The Bertz CT molecular complexity index is 560. The molecule has 1 N–H and O–H groups in total. The van der Waals surface area contributed by atoms with E-state index >= 15 is 0 Å². The van der Waals surface area contributed by atoms with Gasteiger partial charge in [0.05, 0.1) is 0 Å². The van der Waals surface area contributed by atoms with Crippen molar-refractivity contribution in [1.82, 2.24) is 10.2 Å². The molecule has 1 aromatic carbocycles. The standard InChI is InChI=1S/C17H22N2O.ClH/c1-17(2)12-13-7-3-4-8-14(13)15(18-17)11-16(20)19-9-5-6-10-19;/h3-4,7-8,11,18H,5-6,9-10,12H2,1-2H3;1H. The van der Waals surface area contributed by atoms with E-state index in [0.717, 1.165) is 38.0 Å². The van der Waals surface area contributed by atoms with Crippen molar-refractivity contribution >= 4 is 24.0 Å². The maximum atomic E-state index is 12.3. The van der Waals surface area contributed by atoms with Gasteiger partial charge < -0.3 is 10.2 Å². The van der Waals surface area contributed by atoms with Gasteiger partial charge in [0.15, 0.2) is 0 Å². The predicted molar refractivity (Wildman–Crippen MR) is 88.4 cm³/mol. The molecule has 1 aromatic rings. The molecule has 1 fully saturated rings. The summed E-state index contributed by atoms with van der Waals surface area (Å²) in [5.74, 6) is 0.137. The van der Waals surface area contributed by atoms with Crippen LogP contribution in [0.25, 0.3) is 5.70 Å². The molecular weight excluding hydrogens is 284 g/mol. The molecule has 1 saturated heterocycles. The van der Waals surface area contributed by atoms with E-state index in [1.54, 1.807) is 6.08 Å². The van der Waals surface area contributed by atoms with Crippen LogP contribution >= 0.6 is 12.4 Å². The minimum Gasteiger partial charge on any atom is -0.379 e. The average Bonchev–Trinajstić information content (AvgIpc) is 2.91. The predicted octanol–water partition coefficient (Wildman–Crippen LogP) is 3.00. The number of carbonyl (C=O) groups excluding carboxylic acids is 1. The lowest BCUT2D eigenvalue weighted by Gasteiger charge is -2.35. The fourth-order valence-electron chi connectivity index (χ4n) is 3.16. The number of hydrogen-bond acceptors (Lipinski definition) is 2. The Balaban J connectivity index is 0.00000161. The van der Waals surface area contributed by atoms with E-state index < -0.39 is 0 Å². The van der Waals surface area contributed by atoms with Crippen LogP contribution in [0.15, 0.2) is 30.3 Å². The summed E-state index contributed by atoms with van der Waals surface area (Å²) in [6.45, 7) is 6.15. The van der Waals surface area contributed by atoms with Crippen molar-refractivity contribution in [3.63, 3.8) is 0 Å². The van der Waals surface area contributed by atoms with Crippen LogP contribution in [0.3, 0.4) is 0 Å². The van der Waals surface area contributed by atoms with E-state index in [0.29, 0.717) is 0 Å². The average molecular weight is 307 g/mol. The van der Waals surface area contributed by atoms with Crippen LogP contribution in [0, 0.1) is 0 Å². The van der Waals surface area contributed by atoms with Gasteiger partial charge in [-0.3, -0.25) is 4.79 Å². The molecule has 0 saturated carbocycles. The fourth-order valence-corrected chi connectivity index (χ4v) is 3.16. The lowest BCUT2D eigenvalue weighted by Crippen LogP contribution is -2.44. The van der Waals surface area contributed by atoms with E-state index in [-0.39, 0.29) is 23.9 Å². The van der Waals surface area contributed by atoms with Gasteiger partial charge >= 0.3 is 0 Å². The van der Waals surface area contributed by atoms with Crippen molar-refractivity contribution in [3.05, 3.63) is 41.5 Å². The highest BCUT2D eigenvalue weighted by atomic mass is 35.5. The largest absolute Gasteiger partial charge is 0.379 e. The SMILES string of the molecule is CC1(C)Cc2ccccc2C(=CC(=O)N2CCCC2)N1.Cl. The molecule has 0 unspecified atom stereocenters. The lowest BCUT2D eigenvalue weighted by molar-refractivity contribution is -0.124. The molecular formula is C17H23ClN2O. The Morgan fingerprint density at radius 2 is 1.90 bits per heavy atom. The van der Waals surface area contributed by atoms with Gasteiger partial charge in [0.25, 0.3) is 0 Å². The first-order valence-corrected chi connectivity index (χ1v) is 7.42. The molecule has 0 spiro atoms. The van der Waals surface area contributed by atoms with Crippen LogP contribution in [-0.4, -0.2) is 29.4 Å². The van der Waals surface area contributed by atoms with Crippen LogP contribution in [0.4, 0.5) is 0 Å². The van der Waals surface area contributed by atoms with Crippen LogP contribution in [0.1, 0.15) is 37.8 Å². The zero-order chi connectivity index (χ0) is 14.2. The van der Waals surface area contributed by atoms with Crippen molar-refractivity contribution in [2.24, 2.45) is 0 Å². The molecule has 114 valence electrons. The molecule has 2 aliphatic rings. The normalized spacial score (nSPS) is 21.4. The molecule has 0 bridgehead atoms. The third-order valence-electron chi connectivity index (χ3n) is 4.10. The topological polar surface area (TPSA) is 32.3 Å². The van der Waals surface area contributed by atoms with Gasteiger partial charge in [-0.25, -0.2) is 0 Å². The van der Waals surface area contributed by atoms with Crippen LogP contribution in [0.2, 0.25) is 0 Å². The molecule has 0 aliphatic carbocycles. The highest BCUT2D eigenvalue weighted by Gasteiger charge is 2.28. The summed E-state index contributed by atoms with van der Waals surface area (Å²) < 4.78 is 0. The number of nitrogens with one attached hydrogen (secondary N) is 1. The first kappa shape index (κ1) is 15.9. The van der Waals surface area contributed by atoms with Crippen LogP contribution in [-0.2, 0) is 11.2 Å². The number of fused-ring (bicyclic) bond motifs is 1. The summed E-state index contributed by atoms with van der Waals surface area (Å²) in [4.78, 5) is 14.3. The first-order chi connectivity index (χ1) is 9.55. The van der Waals surface area contributed by atoms with Crippen molar-refractivity contribution in [1.29, 1.82) is 0 Å². The second kappa shape index (κ2) is 6.10. The molecule has 0 radical (unpaired) electrons. The number of halogens is 1. The van der Waals surface area contributed by atoms with Gasteiger partial charge in [-0.15, -0.1) is 12.4 Å². The molecule has 0 aromatic heterocycles. The molecule has 3 rings (SSSR count). The van der Waals surface area contributed by atoms with Crippen LogP contribution in [0.5, 0.6) is 0 Å². The van der Waals surface area contributed by atoms with Crippen LogP contribution < -0.4 is 5.32 Å². The van der Waals surface area contributed by atoms with Crippen molar-refractivity contribution in [3.8, 4) is 0 Å². The maximum absolute atomic E-state index is 12.3. The van der Waals surface area contributed by atoms with Gasteiger partial charge in [-0.2, -0.15) is 0 Å². The summed E-state index contributed by atoms with van der Waals surface area (Å²) in [6, 6.07) is 8.36. The minimum atomic E-state index is -0.00846. The molecule has 2 aliphatic heterocycles. The van der Waals surface area contributed by atoms with E-state index in [1.165, 1.54) is 11.1 Å². The highest BCUT2D eigenvalue weighted by Crippen LogP contribution is 2.29. The Morgan fingerprint density at radius 1 is 1.24 bits per heavy atom. The number of carbonyl (C=O) groups is 1. The third kappa shape index (κ3) is 3.41. The summed E-state index contributed by atoms with van der Waals surface area (Å²) in [6.07, 6.45) is 5.03. The molecule has 1 amide bonds. The van der Waals surface area contributed by atoms with E-state index in [4.69, 9.17) is 0 Å². The molecule has 4 heteroatoms. The molecule has 3 nitrogen and oxygen atoms in total. The lowest BCUT2D eigenvalue weighted by atomic mass is 9.86. The number of hydrogen-bond donors (Lipinski definition) is 1. The summed E-state index contributed by atoms with van der Waals surface area (Å²) in [7, 11) is 0. The van der Waals surface area contributed by atoms with Gasteiger partial charge in [-0.1, -0.05) is 24.3 Å². The number of likely N-dealkylation sites (tertiary alicyclic amines) is 1. The molecule has 21 heavy (non-hydrogen) atoms. The quantitative estimate of drug-likeness (QED) is 0.809. The fraction of sp³-hybridized carbons (Fsp3) is 0.471. The maximum Gasteiger partial charge on any atom is 0.248 e. The number of rotatable bonds is 1. The van der Waals surface area contributed by atoms with Gasteiger partial charge in [0.2, 0.25) is 5.91 Å². The van der Waals surface area contributed by atoms with E-state index in [2.05, 4.69) is 37.4 Å². The summed E-state index contributed by atoms with van der Waals surface area (Å²) >= 11 is 0. The number of nitrogens with zero attached hydrogens (tertiary/aromatic N) is 1. The summed E-state index contributed by atoms with van der Waals surface area (Å²) in [5.41, 5.74) is 3.44. The number of amides is 1. The highest BCUT2D eigenvalue weighted by molar-refractivity contribution is 5.95. The number of benzene rings is 1. The Labute approximate surface area is 132 Å². The zero-order valence-electron chi connectivity index (χ0n) is 12.7. The Morgan fingerprint density at radius 3 is 2.62 bits per heavy atom. The second-order valence-corrected chi connectivity index (χ2v) is 6.43. The van der Waals surface area contributed by atoms with Gasteiger partial charge in [0, 0.05) is 36.0 Å². The smallest absolute Gasteiger partial charge is 0.248 e. The van der Waals surface area contributed by atoms with E-state index in [1.807, 2.05) is 11.0 Å². The van der Waals surface area contributed by atoms with Gasteiger partial charge in [-0.05, 0) is 38.7 Å². The van der Waals surface area contributed by atoms with Crippen molar-refractivity contribution in [2.75, 3.05) is 13.1 Å². The zero-order valence-corrected chi connectivity index (χ0v) is 13.5. The minimum absolute atomic E-state index is 0. The van der Waals surface area contributed by atoms with E-state index in [9.17, 15) is 4.79 Å². The van der Waals surface area contributed by atoms with Crippen molar-refractivity contribution in [2.45, 2.75) is 38.6 Å². The monoisotopic (exact) mass is 306 g/mol. The first-order valence-electron chi connectivity index (χ1n) is 7.42. The molecule has 0 atom stereocenters.